The van der Waals surface area contributed by atoms with Crippen molar-refractivity contribution in [2.45, 2.75) is 50.4 Å². The fourth-order valence-electron chi connectivity index (χ4n) is 3.51. The Morgan fingerprint density at radius 3 is 2.47 bits per heavy atom. The molecule has 0 bridgehead atoms. The zero-order valence-electron chi connectivity index (χ0n) is 18.8. The van der Waals surface area contributed by atoms with E-state index in [-0.39, 0.29) is 13.2 Å². The molecule has 2 unspecified atom stereocenters. The number of anilines is 1. The van der Waals surface area contributed by atoms with Crippen LogP contribution in [0.4, 0.5) is 5.82 Å². The smallest absolute Gasteiger partial charge is 0.228 e. The summed E-state index contributed by atoms with van der Waals surface area (Å²) >= 11 is 1.46. The quantitative estimate of drug-likeness (QED) is 0.457. The molecule has 5 N–H and O–H groups in total. The van der Waals surface area contributed by atoms with Gasteiger partial charge in [-0.3, -0.25) is 4.79 Å². The molecule has 172 valence electrons. The van der Waals surface area contributed by atoms with Crippen molar-refractivity contribution in [2.75, 3.05) is 11.9 Å². The molecule has 1 aromatic carbocycles. The molecule has 2 aromatic rings. The number of carbonyl (C=O) groups excluding carboxylic acids is 1. The summed E-state index contributed by atoms with van der Waals surface area (Å²) in [4.78, 5) is 16.1. The normalized spacial score (nSPS) is 21.0. The zero-order valence-corrected chi connectivity index (χ0v) is 19.6. The zero-order chi connectivity index (χ0) is 23.6. The summed E-state index contributed by atoms with van der Waals surface area (Å²) in [6.45, 7) is 7.25. The minimum absolute atomic E-state index is 0.188. The Hall–Kier alpha value is -2.39. The van der Waals surface area contributed by atoms with Crippen LogP contribution in [0.2, 0.25) is 0 Å². The van der Waals surface area contributed by atoms with E-state index in [1.165, 1.54) is 11.8 Å². The van der Waals surface area contributed by atoms with Crippen LogP contribution in [0.1, 0.15) is 44.5 Å². The van der Waals surface area contributed by atoms with E-state index in [9.17, 15) is 15.0 Å². The van der Waals surface area contributed by atoms with Crippen molar-refractivity contribution in [3.05, 3.63) is 70.8 Å². The lowest BCUT2D eigenvalue weighted by atomic mass is 9.89. The second-order valence-corrected chi connectivity index (χ2v) is 10.3. The van der Waals surface area contributed by atoms with E-state index in [1.54, 1.807) is 33.8 Å². The van der Waals surface area contributed by atoms with E-state index in [0.29, 0.717) is 11.5 Å². The maximum atomic E-state index is 12.3. The van der Waals surface area contributed by atoms with Crippen LogP contribution in [0.15, 0.2) is 53.9 Å². The van der Waals surface area contributed by atoms with E-state index in [0.717, 1.165) is 11.1 Å². The molecular weight excluding hydrogens is 426 g/mol. The molecule has 7 nitrogen and oxygen atoms in total. The molecule has 1 aliphatic rings. The van der Waals surface area contributed by atoms with Crippen LogP contribution in [-0.4, -0.2) is 33.3 Å². The minimum atomic E-state index is -0.970. The molecular formula is C24H31N3O4S. The van der Waals surface area contributed by atoms with Gasteiger partial charge in [-0.1, -0.05) is 36.4 Å². The second-order valence-electron chi connectivity index (χ2n) is 9.14. The number of amides is 1. The Morgan fingerprint density at radius 2 is 1.88 bits per heavy atom. The summed E-state index contributed by atoms with van der Waals surface area (Å²) in [6.07, 6.45) is 1.79. The van der Waals surface area contributed by atoms with Gasteiger partial charge < -0.3 is 26.0 Å². The standard InChI is InChI=1S/C24H31N3O4S/c1-22(2,29)15-31-14-18-6-5-7-20(26-18)27-24(19(21(25)28)12-13-32-24)17-10-8-16(9-11-17)23(3,4)30/h5-13,19,29-30H,14-15H2,1-4H3,(H2,25,28)(H,26,27). The highest BCUT2D eigenvalue weighted by Crippen LogP contribution is 2.49. The van der Waals surface area contributed by atoms with Crippen molar-refractivity contribution in [1.29, 1.82) is 0 Å². The van der Waals surface area contributed by atoms with Gasteiger partial charge in [0.25, 0.3) is 0 Å². The summed E-state index contributed by atoms with van der Waals surface area (Å²) in [6, 6.07) is 13.0. The molecule has 1 aliphatic heterocycles. The predicted molar refractivity (Wildman–Crippen MR) is 127 cm³/mol. The predicted octanol–water partition coefficient (Wildman–Crippen LogP) is 3.22. The second kappa shape index (κ2) is 9.23. The van der Waals surface area contributed by atoms with Crippen molar-refractivity contribution in [3.8, 4) is 0 Å². The highest BCUT2D eigenvalue weighted by atomic mass is 32.2. The third kappa shape index (κ3) is 5.69. The number of pyridine rings is 1. The SMILES string of the molecule is CC(C)(O)COCc1cccc(NC2(c3ccc(C(C)(C)O)cc3)SC=CC2C(N)=O)n1. The van der Waals surface area contributed by atoms with Crippen molar-refractivity contribution >= 4 is 23.5 Å². The van der Waals surface area contributed by atoms with Gasteiger partial charge in [-0.25, -0.2) is 4.98 Å². The number of hydrogen-bond acceptors (Lipinski definition) is 7. The molecule has 1 amide bonds. The third-order valence-corrected chi connectivity index (χ3v) is 6.37. The monoisotopic (exact) mass is 457 g/mol. The maximum Gasteiger partial charge on any atom is 0.228 e. The number of primary amides is 1. The van der Waals surface area contributed by atoms with Crippen molar-refractivity contribution in [3.63, 3.8) is 0 Å². The van der Waals surface area contributed by atoms with Gasteiger partial charge in [0.05, 0.1) is 36.0 Å². The van der Waals surface area contributed by atoms with Gasteiger partial charge >= 0.3 is 0 Å². The van der Waals surface area contributed by atoms with Gasteiger partial charge in [0.15, 0.2) is 0 Å². The Kier molecular flexibility index (Phi) is 7.00. The Morgan fingerprint density at radius 1 is 1.19 bits per heavy atom. The molecule has 0 saturated carbocycles. The number of aromatic nitrogens is 1. The average molecular weight is 458 g/mol. The first-order valence-electron chi connectivity index (χ1n) is 10.4. The van der Waals surface area contributed by atoms with E-state index in [2.05, 4.69) is 10.3 Å². The largest absolute Gasteiger partial charge is 0.388 e. The van der Waals surface area contributed by atoms with E-state index < -0.39 is 27.9 Å². The van der Waals surface area contributed by atoms with Crippen LogP contribution < -0.4 is 11.1 Å². The average Bonchev–Trinajstić information content (AvgIpc) is 3.12. The highest BCUT2D eigenvalue weighted by molar-refractivity contribution is 8.03. The van der Waals surface area contributed by atoms with Gasteiger partial charge in [-0.15, -0.1) is 11.8 Å². The van der Waals surface area contributed by atoms with Gasteiger partial charge in [-0.2, -0.15) is 0 Å². The van der Waals surface area contributed by atoms with Crippen molar-refractivity contribution in [1.82, 2.24) is 4.98 Å². The molecule has 0 spiro atoms. The number of nitrogens with zero attached hydrogens (tertiary/aromatic N) is 1. The van der Waals surface area contributed by atoms with Crippen LogP contribution in [0.3, 0.4) is 0 Å². The summed E-state index contributed by atoms with van der Waals surface area (Å²) in [5.74, 6) is -0.476. The topological polar surface area (TPSA) is 118 Å². The molecule has 8 heteroatoms. The van der Waals surface area contributed by atoms with Crippen LogP contribution in [-0.2, 0) is 26.6 Å². The first kappa shape index (κ1) is 24.3. The van der Waals surface area contributed by atoms with Crippen molar-refractivity contribution in [2.24, 2.45) is 11.7 Å². The van der Waals surface area contributed by atoms with Crippen LogP contribution in [0.5, 0.6) is 0 Å². The number of thioether (sulfide) groups is 1. The van der Waals surface area contributed by atoms with E-state index in [4.69, 9.17) is 10.5 Å². The third-order valence-electron chi connectivity index (χ3n) is 5.12. The van der Waals surface area contributed by atoms with Gasteiger partial charge in [0.2, 0.25) is 5.91 Å². The summed E-state index contributed by atoms with van der Waals surface area (Å²) < 4.78 is 5.57. The number of benzene rings is 1. The molecule has 0 saturated heterocycles. The maximum absolute atomic E-state index is 12.3. The number of ether oxygens (including phenoxy) is 1. The van der Waals surface area contributed by atoms with E-state index in [1.807, 2.05) is 47.9 Å². The Bertz CT molecular complexity index is 980. The number of rotatable bonds is 9. The first-order valence-corrected chi connectivity index (χ1v) is 11.3. The van der Waals surface area contributed by atoms with E-state index >= 15 is 0 Å². The van der Waals surface area contributed by atoms with Crippen LogP contribution in [0, 0.1) is 5.92 Å². The molecule has 0 aliphatic carbocycles. The lowest BCUT2D eigenvalue weighted by Crippen LogP contribution is -2.43. The number of hydrogen-bond donors (Lipinski definition) is 4. The number of nitrogens with two attached hydrogens (primary N) is 1. The first-order chi connectivity index (χ1) is 14.9. The molecule has 32 heavy (non-hydrogen) atoms. The lowest BCUT2D eigenvalue weighted by Gasteiger charge is -2.35. The number of nitrogens with one attached hydrogen (secondary N) is 1. The van der Waals surface area contributed by atoms with Crippen molar-refractivity contribution < 1.29 is 19.7 Å². The fraction of sp³-hybridized carbons (Fsp3) is 0.417. The summed E-state index contributed by atoms with van der Waals surface area (Å²) in [5.41, 5.74) is 6.17. The van der Waals surface area contributed by atoms with Gasteiger partial charge in [-0.05, 0) is 56.4 Å². The minimum Gasteiger partial charge on any atom is -0.388 e. The molecule has 1 aromatic heterocycles. The van der Waals surface area contributed by atoms with Crippen LogP contribution in [0.25, 0.3) is 0 Å². The Balaban J connectivity index is 1.90. The van der Waals surface area contributed by atoms with Gasteiger partial charge in [0.1, 0.15) is 10.7 Å². The molecule has 0 fully saturated rings. The molecule has 2 heterocycles. The highest BCUT2D eigenvalue weighted by Gasteiger charge is 2.46. The van der Waals surface area contributed by atoms with Gasteiger partial charge in [0, 0.05) is 0 Å². The van der Waals surface area contributed by atoms with Crippen LogP contribution >= 0.6 is 11.8 Å². The lowest BCUT2D eigenvalue weighted by molar-refractivity contribution is -0.121. The fourth-order valence-corrected chi connectivity index (χ4v) is 4.73. The summed E-state index contributed by atoms with van der Waals surface area (Å²) in [7, 11) is 0. The molecule has 0 radical (unpaired) electrons. The molecule has 3 rings (SSSR count). The number of aliphatic hydroxyl groups is 2. The summed E-state index contributed by atoms with van der Waals surface area (Å²) in [5, 5.41) is 25.4. The number of carbonyl (C=O) groups is 1. The Labute approximate surface area is 193 Å². The molecule has 2 atom stereocenters.